The molecule has 0 saturated heterocycles. The van der Waals surface area contributed by atoms with E-state index in [0.29, 0.717) is 6.42 Å². The van der Waals surface area contributed by atoms with E-state index >= 15 is 0 Å². The fraction of sp³-hybridized carbons (Fsp3) is 0.917. The van der Waals surface area contributed by atoms with E-state index in [-0.39, 0.29) is 0 Å². The predicted octanol–water partition coefficient (Wildman–Crippen LogP) is 0.452. The van der Waals surface area contributed by atoms with Gasteiger partial charge in [-0.3, -0.25) is 4.79 Å². The number of unbranched alkanes of at least 4 members (excludes halogenated alkanes) is 1. The Hall–Kier alpha value is -0.650. The first-order chi connectivity index (χ1) is 7.75. The summed E-state index contributed by atoms with van der Waals surface area (Å²) in [5, 5.41) is 8.85. The van der Waals surface area contributed by atoms with Crippen molar-refractivity contribution in [3.05, 3.63) is 0 Å². The average molecular weight is 245 g/mol. The molecule has 3 N–H and O–H groups in total. The Morgan fingerprint density at radius 1 is 1.18 bits per heavy atom. The highest BCUT2D eigenvalue weighted by Gasteiger charge is 2.26. The predicted molar refractivity (Wildman–Crippen MR) is 70.1 cm³/mol. The molecule has 0 bridgehead atoms. The van der Waals surface area contributed by atoms with Gasteiger partial charge in [0.25, 0.3) is 0 Å². The lowest BCUT2D eigenvalue weighted by atomic mass is 9.96. The van der Waals surface area contributed by atoms with Crippen molar-refractivity contribution in [3.8, 4) is 0 Å². The van der Waals surface area contributed by atoms with Gasteiger partial charge in [-0.2, -0.15) is 0 Å². The van der Waals surface area contributed by atoms with Crippen LogP contribution in [0.2, 0.25) is 0 Å². The van der Waals surface area contributed by atoms with Gasteiger partial charge in [0.1, 0.15) is 5.54 Å². The molecule has 1 unspecified atom stereocenters. The smallest absolute Gasteiger partial charge is 0.323 e. The first-order valence-electron chi connectivity index (χ1n) is 6.11. The number of hydrogen-bond acceptors (Lipinski definition) is 4. The topological polar surface area (TPSA) is 69.8 Å². The molecule has 0 radical (unpaired) electrons. The minimum Gasteiger partial charge on any atom is -0.480 e. The van der Waals surface area contributed by atoms with Gasteiger partial charge in [-0.1, -0.05) is 0 Å². The van der Waals surface area contributed by atoms with Gasteiger partial charge in [0.2, 0.25) is 0 Å². The van der Waals surface area contributed by atoms with Crippen LogP contribution >= 0.6 is 0 Å². The third-order valence-electron chi connectivity index (χ3n) is 2.90. The Morgan fingerprint density at radius 3 is 2.24 bits per heavy atom. The number of rotatable bonds is 9. The standard InChI is InChI=1S/C12H27N3O2/c1-12(13,11(16)17)7-5-6-8-15(4)10-9-14(2)3/h5-10,13H2,1-4H3,(H,16,17). The number of nitrogens with zero attached hydrogens (tertiary/aromatic N) is 2. The van der Waals surface area contributed by atoms with Gasteiger partial charge < -0.3 is 20.6 Å². The van der Waals surface area contributed by atoms with Gasteiger partial charge >= 0.3 is 5.97 Å². The van der Waals surface area contributed by atoms with Crippen molar-refractivity contribution < 1.29 is 9.90 Å². The highest BCUT2D eigenvalue weighted by atomic mass is 16.4. The average Bonchev–Trinajstić information content (AvgIpc) is 2.21. The number of carbonyl (C=O) groups is 1. The first kappa shape index (κ1) is 16.4. The summed E-state index contributed by atoms with van der Waals surface area (Å²) in [5.41, 5.74) is 4.57. The van der Waals surface area contributed by atoms with Crippen LogP contribution in [0, 0.1) is 0 Å². The van der Waals surface area contributed by atoms with Crippen LogP contribution in [-0.2, 0) is 4.79 Å². The van der Waals surface area contributed by atoms with Crippen molar-refractivity contribution in [1.82, 2.24) is 9.80 Å². The molecule has 0 spiro atoms. The largest absolute Gasteiger partial charge is 0.480 e. The minimum absolute atomic E-state index is 0.532. The van der Waals surface area contributed by atoms with Crippen molar-refractivity contribution >= 4 is 5.97 Å². The number of carboxylic acids is 1. The van der Waals surface area contributed by atoms with Crippen LogP contribution in [0.3, 0.4) is 0 Å². The fourth-order valence-corrected chi connectivity index (χ4v) is 1.46. The number of aliphatic carboxylic acids is 1. The molecule has 0 aromatic rings. The monoisotopic (exact) mass is 245 g/mol. The molecule has 0 aliphatic rings. The molecule has 0 amide bonds. The highest BCUT2D eigenvalue weighted by Crippen LogP contribution is 2.10. The molecular formula is C12H27N3O2. The van der Waals surface area contributed by atoms with Gasteiger partial charge in [-0.15, -0.1) is 0 Å². The van der Waals surface area contributed by atoms with Crippen LogP contribution in [0.25, 0.3) is 0 Å². The Morgan fingerprint density at radius 2 is 1.76 bits per heavy atom. The van der Waals surface area contributed by atoms with Gasteiger partial charge in [-0.05, 0) is 53.9 Å². The summed E-state index contributed by atoms with van der Waals surface area (Å²) in [4.78, 5) is 15.2. The molecule has 0 rings (SSSR count). The van der Waals surface area contributed by atoms with E-state index in [1.54, 1.807) is 6.92 Å². The second-order valence-electron chi connectivity index (χ2n) is 5.29. The SMILES string of the molecule is CN(C)CCN(C)CCCCC(C)(N)C(=O)O. The van der Waals surface area contributed by atoms with E-state index in [2.05, 4.69) is 30.9 Å². The van der Waals surface area contributed by atoms with Gasteiger partial charge in [-0.25, -0.2) is 0 Å². The van der Waals surface area contributed by atoms with E-state index in [0.717, 1.165) is 32.5 Å². The van der Waals surface area contributed by atoms with Crippen molar-refractivity contribution in [2.75, 3.05) is 40.8 Å². The third kappa shape index (κ3) is 8.12. The first-order valence-corrected chi connectivity index (χ1v) is 6.11. The Bertz CT molecular complexity index is 230. The van der Waals surface area contributed by atoms with Crippen LogP contribution in [0.1, 0.15) is 26.2 Å². The van der Waals surface area contributed by atoms with Crippen LogP contribution in [-0.4, -0.2) is 67.2 Å². The molecule has 0 heterocycles. The number of carboxylic acid groups (broad SMARTS) is 1. The molecule has 17 heavy (non-hydrogen) atoms. The lowest BCUT2D eigenvalue weighted by Crippen LogP contribution is -2.44. The zero-order chi connectivity index (χ0) is 13.5. The molecule has 0 aromatic heterocycles. The third-order valence-corrected chi connectivity index (χ3v) is 2.90. The Kier molecular flexibility index (Phi) is 7.34. The summed E-state index contributed by atoms with van der Waals surface area (Å²) in [6, 6.07) is 0. The van der Waals surface area contributed by atoms with Crippen molar-refractivity contribution in [2.24, 2.45) is 5.73 Å². The minimum atomic E-state index is -1.08. The summed E-state index contributed by atoms with van der Waals surface area (Å²) in [6.45, 7) is 4.64. The van der Waals surface area contributed by atoms with Gasteiger partial charge in [0, 0.05) is 13.1 Å². The molecule has 0 aliphatic heterocycles. The summed E-state index contributed by atoms with van der Waals surface area (Å²) < 4.78 is 0. The number of likely N-dealkylation sites (N-methyl/N-ethyl adjacent to an activating group) is 2. The van der Waals surface area contributed by atoms with Crippen molar-refractivity contribution in [1.29, 1.82) is 0 Å². The summed E-state index contributed by atoms with van der Waals surface area (Å²) >= 11 is 0. The molecule has 5 heteroatoms. The van der Waals surface area contributed by atoms with Crippen LogP contribution in [0.5, 0.6) is 0 Å². The number of nitrogens with two attached hydrogens (primary N) is 1. The van der Waals surface area contributed by atoms with Crippen LogP contribution in [0.4, 0.5) is 0 Å². The summed E-state index contributed by atoms with van der Waals surface area (Å²) in [6.07, 6.45) is 2.37. The molecular weight excluding hydrogens is 218 g/mol. The Balaban J connectivity index is 3.61. The summed E-state index contributed by atoms with van der Waals surface area (Å²) in [5.74, 6) is -0.918. The van der Waals surface area contributed by atoms with Crippen LogP contribution in [0.15, 0.2) is 0 Å². The molecule has 0 aromatic carbocycles. The van der Waals surface area contributed by atoms with E-state index in [1.807, 2.05) is 0 Å². The maximum Gasteiger partial charge on any atom is 0.323 e. The summed E-state index contributed by atoms with van der Waals surface area (Å²) in [7, 11) is 6.20. The maximum absolute atomic E-state index is 10.8. The molecule has 0 fully saturated rings. The normalized spacial score (nSPS) is 15.2. The fourth-order valence-electron chi connectivity index (χ4n) is 1.46. The lowest BCUT2D eigenvalue weighted by Gasteiger charge is -2.21. The van der Waals surface area contributed by atoms with Crippen LogP contribution < -0.4 is 5.73 Å². The second kappa shape index (κ2) is 7.63. The Labute approximate surface area is 105 Å². The van der Waals surface area contributed by atoms with Gasteiger partial charge in [0.15, 0.2) is 0 Å². The number of hydrogen-bond donors (Lipinski definition) is 2. The van der Waals surface area contributed by atoms with Gasteiger partial charge in [0.05, 0.1) is 0 Å². The molecule has 0 aliphatic carbocycles. The van der Waals surface area contributed by atoms with Crippen molar-refractivity contribution in [2.45, 2.75) is 31.7 Å². The zero-order valence-corrected chi connectivity index (χ0v) is 11.6. The molecule has 5 nitrogen and oxygen atoms in total. The van der Waals surface area contributed by atoms with E-state index in [4.69, 9.17) is 10.8 Å². The van der Waals surface area contributed by atoms with Crippen molar-refractivity contribution in [3.63, 3.8) is 0 Å². The lowest BCUT2D eigenvalue weighted by molar-refractivity contribution is -0.142. The molecule has 1 atom stereocenters. The maximum atomic E-state index is 10.8. The van der Waals surface area contributed by atoms with E-state index in [9.17, 15) is 4.79 Å². The zero-order valence-electron chi connectivity index (χ0n) is 11.6. The van der Waals surface area contributed by atoms with E-state index in [1.165, 1.54) is 0 Å². The molecule has 102 valence electrons. The quantitative estimate of drug-likeness (QED) is 0.577. The second-order valence-corrected chi connectivity index (χ2v) is 5.29. The highest BCUT2D eigenvalue weighted by molar-refractivity contribution is 5.77. The van der Waals surface area contributed by atoms with E-state index < -0.39 is 11.5 Å². The molecule has 0 saturated carbocycles.